The van der Waals surface area contributed by atoms with Crippen molar-refractivity contribution < 1.29 is 9.72 Å². The number of anilines is 1. The number of hydrogen-bond donors (Lipinski definition) is 1. The highest BCUT2D eigenvalue weighted by atomic mass is 79.9. The molecular weight excluding hydrogens is 426 g/mol. The fourth-order valence-electron chi connectivity index (χ4n) is 2.35. The van der Waals surface area contributed by atoms with Crippen LogP contribution < -0.4 is 5.32 Å². The second-order valence-corrected chi connectivity index (χ2v) is 6.47. The fourth-order valence-corrected chi connectivity index (χ4v) is 2.93. The van der Waals surface area contributed by atoms with Gasteiger partial charge >= 0.3 is 0 Å². The maximum Gasteiger partial charge on any atom is 0.293 e. The Labute approximate surface area is 161 Å². The van der Waals surface area contributed by atoms with E-state index in [1.165, 1.54) is 23.0 Å². The van der Waals surface area contributed by atoms with E-state index in [4.69, 9.17) is 11.6 Å². The third-order valence-electron chi connectivity index (χ3n) is 3.54. The topological polar surface area (TPSA) is 103 Å². The quantitative estimate of drug-likeness (QED) is 0.489. The summed E-state index contributed by atoms with van der Waals surface area (Å²) in [5.41, 5.74) is 0.612. The van der Waals surface area contributed by atoms with Crippen LogP contribution in [-0.4, -0.2) is 25.6 Å². The summed E-state index contributed by atoms with van der Waals surface area (Å²) < 4.78 is 1.66. The number of nitro groups is 1. The molecule has 0 saturated heterocycles. The number of hydrogen-bond acceptors (Lipinski definition) is 5. The Morgan fingerprint density at radius 1 is 1.35 bits per heavy atom. The van der Waals surface area contributed by atoms with Crippen LogP contribution in [0.25, 0.3) is 5.82 Å². The van der Waals surface area contributed by atoms with Gasteiger partial charge in [-0.1, -0.05) is 23.7 Å². The predicted octanol–water partition coefficient (Wildman–Crippen LogP) is 4.15. The van der Waals surface area contributed by atoms with E-state index in [1.807, 2.05) is 0 Å². The molecule has 0 aliphatic heterocycles. The summed E-state index contributed by atoms with van der Waals surface area (Å²) >= 11 is 9.36. The molecule has 0 spiro atoms. The Balaban J connectivity index is 2.04. The lowest BCUT2D eigenvalue weighted by Gasteiger charge is -2.10. The highest BCUT2D eigenvalue weighted by Crippen LogP contribution is 2.29. The Bertz CT molecular complexity index is 1020. The number of rotatable bonds is 4. The molecule has 2 heterocycles. The van der Waals surface area contributed by atoms with Gasteiger partial charge in [0.05, 0.1) is 9.95 Å². The lowest BCUT2D eigenvalue weighted by Crippen LogP contribution is -2.19. The van der Waals surface area contributed by atoms with Crippen molar-refractivity contribution >= 4 is 44.8 Å². The first-order valence-electron chi connectivity index (χ1n) is 7.30. The van der Waals surface area contributed by atoms with Crippen LogP contribution in [0.15, 0.2) is 47.2 Å². The van der Waals surface area contributed by atoms with Crippen LogP contribution in [0, 0.1) is 17.0 Å². The number of nitrogens with one attached hydrogen (secondary N) is 1. The van der Waals surface area contributed by atoms with Gasteiger partial charge in [0.25, 0.3) is 11.6 Å². The van der Waals surface area contributed by atoms with E-state index < -0.39 is 10.8 Å². The minimum absolute atomic E-state index is 0.120. The molecule has 0 aliphatic carbocycles. The minimum atomic E-state index is -0.581. The molecule has 8 nitrogen and oxygen atoms in total. The highest BCUT2D eigenvalue weighted by molar-refractivity contribution is 9.10. The number of amides is 1. The monoisotopic (exact) mass is 435 g/mol. The third-order valence-corrected chi connectivity index (χ3v) is 4.22. The Kier molecular flexibility index (Phi) is 5.01. The first-order valence-corrected chi connectivity index (χ1v) is 8.47. The number of para-hydroxylation sites is 1. The predicted molar refractivity (Wildman–Crippen MR) is 99.9 cm³/mol. The molecule has 0 atom stereocenters. The van der Waals surface area contributed by atoms with Gasteiger partial charge < -0.3 is 5.32 Å². The molecule has 132 valence electrons. The Morgan fingerprint density at radius 2 is 2.12 bits per heavy atom. The maximum atomic E-state index is 12.8. The van der Waals surface area contributed by atoms with Gasteiger partial charge in [-0.2, -0.15) is 5.10 Å². The Hall–Kier alpha value is -2.78. The van der Waals surface area contributed by atoms with Crippen molar-refractivity contribution in [2.24, 2.45) is 0 Å². The van der Waals surface area contributed by atoms with E-state index in [0.29, 0.717) is 15.2 Å². The first kappa shape index (κ1) is 18.0. The highest BCUT2D eigenvalue weighted by Gasteiger charge is 2.23. The average Bonchev–Trinajstić information content (AvgIpc) is 2.98. The van der Waals surface area contributed by atoms with E-state index in [2.05, 4.69) is 31.3 Å². The van der Waals surface area contributed by atoms with E-state index in [0.717, 1.165) is 0 Å². The zero-order valence-electron chi connectivity index (χ0n) is 13.3. The van der Waals surface area contributed by atoms with E-state index in [9.17, 15) is 14.9 Å². The summed E-state index contributed by atoms with van der Waals surface area (Å²) in [6.45, 7) is 1.67. The molecule has 2 aromatic heterocycles. The summed E-state index contributed by atoms with van der Waals surface area (Å²) in [4.78, 5) is 27.6. The molecule has 0 aliphatic rings. The number of nitro benzene ring substituents is 1. The summed E-state index contributed by atoms with van der Waals surface area (Å²) in [6.07, 6.45) is 1.52. The minimum Gasteiger partial charge on any atom is -0.315 e. The van der Waals surface area contributed by atoms with Crippen LogP contribution in [0.3, 0.4) is 0 Å². The number of benzene rings is 1. The molecule has 10 heteroatoms. The van der Waals surface area contributed by atoms with Crippen molar-refractivity contribution in [2.45, 2.75) is 6.92 Å². The van der Waals surface area contributed by atoms with Gasteiger partial charge in [-0.25, -0.2) is 9.67 Å². The van der Waals surface area contributed by atoms with Crippen LogP contribution >= 0.6 is 27.5 Å². The molecule has 3 rings (SSSR count). The van der Waals surface area contributed by atoms with Crippen LogP contribution in [0.4, 0.5) is 11.4 Å². The van der Waals surface area contributed by atoms with Gasteiger partial charge in [-0.3, -0.25) is 14.9 Å². The molecule has 3 aromatic rings. The second-order valence-electron chi connectivity index (χ2n) is 5.25. The molecule has 0 bridgehead atoms. The number of carbonyl (C=O) groups is 1. The van der Waals surface area contributed by atoms with Crippen molar-refractivity contribution in [3.8, 4) is 5.82 Å². The number of aromatic nitrogens is 3. The average molecular weight is 437 g/mol. The SMILES string of the molecule is Cc1cccc([N+](=O)[O-])c1NC(=O)c1cc(Br)nn1-c1ncccc1Cl. The number of aryl methyl sites for hydroxylation is 1. The van der Waals surface area contributed by atoms with Gasteiger partial charge in [0.15, 0.2) is 5.82 Å². The number of nitrogens with zero attached hydrogens (tertiary/aromatic N) is 4. The normalized spacial score (nSPS) is 10.6. The van der Waals surface area contributed by atoms with Crippen LogP contribution in [0.5, 0.6) is 0 Å². The van der Waals surface area contributed by atoms with Gasteiger partial charge in [-0.05, 0) is 40.5 Å². The van der Waals surface area contributed by atoms with E-state index in [1.54, 1.807) is 31.2 Å². The zero-order valence-corrected chi connectivity index (χ0v) is 15.7. The zero-order chi connectivity index (χ0) is 18.8. The van der Waals surface area contributed by atoms with Crippen molar-refractivity contribution in [3.05, 3.63) is 73.6 Å². The summed E-state index contributed by atoms with van der Waals surface area (Å²) in [5, 5.41) is 18.3. The van der Waals surface area contributed by atoms with Gasteiger partial charge in [0, 0.05) is 18.3 Å². The lowest BCUT2D eigenvalue weighted by atomic mass is 10.1. The maximum absolute atomic E-state index is 12.8. The summed E-state index contributed by atoms with van der Waals surface area (Å²) in [7, 11) is 0. The van der Waals surface area contributed by atoms with Gasteiger partial charge in [-0.15, -0.1) is 0 Å². The molecule has 1 aromatic carbocycles. The molecule has 1 N–H and O–H groups in total. The fraction of sp³-hybridized carbons (Fsp3) is 0.0625. The molecule has 0 saturated carbocycles. The largest absolute Gasteiger partial charge is 0.315 e. The van der Waals surface area contributed by atoms with Crippen molar-refractivity contribution in [1.82, 2.24) is 14.8 Å². The number of carbonyl (C=O) groups excluding carboxylic acids is 1. The van der Waals surface area contributed by atoms with Crippen LogP contribution in [-0.2, 0) is 0 Å². The first-order chi connectivity index (χ1) is 12.4. The standard InChI is InChI=1S/C16H11BrClN5O3/c1-9-4-2-6-11(23(25)26)14(9)20-16(24)12-8-13(17)21-22(12)15-10(18)5-3-7-19-15/h2-8H,1H3,(H,20,24). The van der Waals surface area contributed by atoms with Gasteiger partial charge in [0.2, 0.25) is 0 Å². The molecule has 0 unspecified atom stereocenters. The van der Waals surface area contributed by atoms with Crippen molar-refractivity contribution in [3.63, 3.8) is 0 Å². The van der Waals surface area contributed by atoms with Crippen molar-refractivity contribution in [1.29, 1.82) is 0 Å². The number of pyridine rings is 1. The van der Waals surface area contributed by atoms with Gasteiger partial charge in [0.1, 0.15) is 16.0 Å². The van der Waals surface area contributed by atoms with Crippen molar-refractivity contribution in [2.75, 3.05) is 5.32 Å². The molecular formula is C16H11BrClN5O3. The smallest absolute Gasteiger partial charge is 0.293 e. The summed E-state index contributed by atoms with van der Waals surface area (Å²) in [5.74, 6) is -0.313. The molecule has 0 fully saturated rings. The Morgan fingerprint density at radius 3 is 2.81 bits per heavy atom. The van der Waals surface area contributed by atoms with E-state index >= 15 is 0 Å². The molecule has 26 heavy (non-hydrogen) atoms. The lowest BCUT2D eigenvalue weighted by molar-refractivity contribution is -0.384. The molecule has 0 radical (unpaired) electrons. The third kappa shape index (κ3) is 3.44. The van der Waals surface area contributed by atoms with Crippen LogP contribution in [0.2, 0.25) is 5.02 Å². The molecule has 1 amide bonds. The summed E-state index contributed by atoms with van der Waals surface area (Å²) in [6, 6.07) is 9.30. The van der Waals surface area contributed by atoms with Crippen LogP contribution in [0.1, 0.15) is 16.1 Å². The van der Waals surface area contributed by atoms with E-state index in [-0.39, 0.29) is 22.9 Å². The second kappa shape index (κ2) is 7.22. The number of halogens is 2.